The van der Waals surface area contributed by atoms with Gasteiger partial charge < -0.3 is 10.1 Å². The highest BCUT2D eigenvalue weighted by atomic mass is 32.2. The average Bonchev–Trinajstić information content (AvgIpc) is 3.15. The summed E-state index contributed by atoms with van der Waals surface area (Å²) < 4.78 is 7.90. The van der Waals surface area contributed by atoms with Crippen molar-refractivity contribution in [2.45, 2.75) is 10.8 Å². The van der Waals surface area contributed by atoms with Gasteiger partial charge in [-0.1, -0.05) is 42.1 Å². The van der Waals surface area contributed by atoms with Gasteiger partial charge in [0.25, 0.3) is 0 Å². The van der Waals surface area contributed by atoms with Crippen molar-refractivity contribution in [3.63, 3.8) is 0 Å². The highest BCUT2D eigenvalue weighted by molar-refractivity contribution is 8.01. The number of hydrogen-bond acceptors (Lipinski definition) is 6. The molecular weight excluding hydrogens is 390 g/mol. The minimum absolute atomic E-state index is 0.0103. The smallest absolute Gasteiger partial charge is 0.230 e. The highest BCUT2D eigenvalue weighted by Crippen LogP contribution is 2.29. The molecule has 7 heteroatoms. The number of thiazole rings is 1. The molecule has 5 nitrogen and oxygen atoms in total. The summed E-state index contributed by atoms with van der Waals surface area (Å²) in [6, 6.07) is 17.8. The second kappa shape index (κ2) is 9.03. The second-order valence-corrected chi connectivity index (χ2v) is 8.37. The Morgan fingerprint density at radius 2 is 2.00 bits per heavy atom. The summed E-state index contributed by atoms with van der Waals surface area (Å²) in [5, 5.41) is 3.99. The molecule has 0 aliphatic heterocycles. The zero-order valence-corrected chi connectivity index (χ0v) is 16.8. The van der Waals surface area contributed by atoms with E-state index in [0.717, 1.165) is 37.6 Å². The second-order valence-electron chi connectivity index (χ2n) is 6.12. The first-order valence-corrected chi connectivity index (χ1v) is 10.8. The van der Waals surface area contributed by atoms with Crippen LogP contribution in [0.3, 0.4) is 0 Å². The first kappa shape index (κ1) is 18.7. The van der Waals surface area contributed by atoms with E-state index in [9.17, 15) is 4.79 Å². The molecule has 28 heavy (non-hydrogen) atoms. The van der Waals surface area contributed by atoms with Gasteiger partial charge in [-0.15, -0.1) is 11.3 Å². The minimum Gasteiger partial charge on any atom is -0.491 e. The van der Waals surface area contributed by atoms with Gasteiger partial charge in [0.15, 0.2) is 4.34 Å². The molecular formula is C21H19N3O2S2. The molecule has 0 atom stereocenters. The summed E-state index contributed by atoms with van der Waals surface area (Å²) in [6.07, 6.45) is 2.50. The first-order chi connectivity index (χ1) is 13.8. The predicted molar refractivity (Wildman–Crippen MR) is 115 cm³/mol. The monoisotopic (exact) mass is 409 g/mol. The summed E-state index contributed by atoms with van der Waals surface area (Å²) in [6.45, 7) is 1.11. The van der Waals surface area contributed by atoms with E-state index in [1.54, 1.807) is 17.5 Å². The number of para-hydroxylation sites is 2. The van der Waals surface area contributed by atoms with Crippen LogP contribution in [0.5, 0.6) is 5.75 Å². The lowest BCUT2D eigenvalue weighted by atomic mass is 10.2. The molecule has 0 unspecified atom stereocenters. The van der Waals surface area contributed by atoms with E-state index in [1.165, 1.54) is 11.8 Å². The maximum absolute atomic E-state index is 12.0. The van der Waals surface area contributed by atoms with Crippen molar-refractivity contribution in [1.29, 1.82) is 0 Å². The number of benzene rings is 2. The Bertz CT molecular complexity index is 1060. The molecule has 1 amide bonds. The molecule has 0 radical (unpaired) electrons. The number of carbonyl (C=O) groups excluding carboxylic acids is 1. The summed E-state index contributed by atoms with van der Waals surface area (Å²) in [7, 11) is 0. The molecule has 2 aromatic heterocycles. The van der Waals surface area contributed by atoms with Crippen LogP contribution in [-0.4, -0.2) is 34.8 Å². The van der Waals surface area contributed by atoms with Crippen LogP contribution >= 0.6 is 23.1 Å². The number of aromatic nitrogens is 2. The van der Waals surface area contributed by atoms with Gasteiger partial charge in [0, 0.05) is 18.1 Å². The molecule has 142 valence electrons. The maximum atomic E-state index is 12.0. The van der Waals surface area contributed by atoms with Crippen molar-refractivity contribution in [2.24, 2.45) is 0 Å². The summed E-state index contributed by atoms with van der Waals surface area (Å²) in [5.41, 5.74) is 1.84. The molecule has 0 fully saturated rings. The van der Waals surface area contributed by atoms with Crippen molar-refractivity contribution >= 4 is 50.1 Å². The predicted octanol–water partition coefficient (Wildman–Crippen LogP) is 4.52. The third-order valence-electron chi connectivity index (χ3n) is 4.10. The number of hydrogen-bond donors (Lipinski definition) is 1. The molecule has 2 aromatic carbocycles. The van der Waals surface area contributed by atoms with E-state index in [2.05, 4.69) is 15.3 Å². The lowest BCUT2D eigenvalue weighted by molar-refractivity contribution is -0.118. The number of fused-ring (bicyclic) bond motifs is 2. The fourth-order valence-electron chi connectivity index (χ4n) is 2.77. The molecule has 4 aromatic rings. The van der Waals surface area contributed by atoms with E-state index in [4.69, 9.17) is 4.74 Å². The summed E-state index contributed by atoms with van der Waals surface area (Å²) in [5.74, 6) is 1.15. The quantitative estimate of drug-likeness (QED) is 0.342. The standard InChI is InChI=1S/C21H19N3O2S2/c25-19(14-27-21-24-16-8-1-2-10-18(16)28-21)22-12-5-13-26-17-9-3-6-15-7-4-11-23-20(15)17/h1-4,6-11H,5,12-14H2,(H,22,25). The van der Waals surface area contributed by atoms with Gasteiger partial charge >= 0.3 is 0 Å². The normalized spacial score (nSPS) is 11.0. The number of ether oxygens (including phenoxy) is 1. The SMILES string of the molecule is O=C(CSc1nc2ccccc2s1)NCCCOc1cccc2cccnc12. The van der Waals surface area contributed by atoms with Gasteiger partial charge in [0.1, 0.15) is 11.3 Å². The van der Waals surface area contributed by atoms with Crippen LogP contribution < -0.4 is 10.1 Å². The van der Waals surface area contributed by atoms with Crippen LogP contribution in [0.4, 0.5) is 0 Å². The largest absolute Gasteiger partial charge is 0.491 e. The molecule has 0 saturated carbocycles. The number of nitrogens with one attached hydrogen (secondary N) is 1. The number of thioether (sulfide) groups is 1. The molecule has 1 N–H and O–H groups in total. The Labute approximate surface area is 171 Å². The summed E-state index contributed by atoms with van der Waals surface area (Å²) >= 11 is 3.09. The number of nitrogens with zero attached hydrogens (tertiary/aromatic N) is 2. The van der Waals surface area contributed by atoms with Crippen molar-refractivity contribution in [1.82, 2.24) is 15.3 Å². The third-order valence-corrected chi connectivity index (χ3v) is 6.28. The zero-order valence-electron chi connectivity index (χ0n) is 15.1. The first-order valence-electron chi connectivity index (χ1n) is 9.01. The number of pyridine rings is 1. The van der Waals surface area contributed by atoms with Gasteiger partial charge in [-0.25, -0.2) is 4.98 Å². The van der Waals surface area contributed by atoms with Gasteiger partial charge in [-0.05, 0) is 30.7 Å². The Kier molecular flexibility index (Phi) is 6.04. The van der Waals surface area contributed by atoms with E-state index in [-0.39, 0.29) is 5.91 Å². The van der Waals surface area contributed by atoms with Crippen molar-refractivity contribution in [3.05, 3.63) is 60.8 Å². The molecule has 2 heterocycles. The highest BCUT2D eigenvalue weighted by Gasteiger charge is 2.07. The fourth-order valence-corrected chi connectivity index (χ4v) is 4.66. The Hall–Kier alpha value is -2.64. The Morgan fingerprint density at radius 3 is 2.93 bits per heavy atom. The zero-order chi connectivity index (χ0) is 19.2. The molecule has 4 rings (SSSR count). The number of rotatable bonds is 8. The molecule has 0 aliphatic rings. The van der Waals surface area contributed by atoms with E-state index in [0.29, 0.717) is 18.9 Å². The van der Waals surface area contributed by atoms with E-state index >= 15 is 0 Å². The van der Waals surface area contributed by atoms with Crippen molar-refractivity contribution < 1.29 is 9.53 Å². The molecule has 0 saturated heterocycles. The summed E-state index contributed by atoms with van der Waals surface area (Å²) in [4.78, 5) is 20.9. The molecule has 0 spiro atoms. The van der Waals surface area contributed by atoms with Crippen LogP contribution in [-0.2, 0) is 4.79 Å². The lowest BCUT2D eigenvalue weighted by Gasteiger charge is -2.09. The Balaban J connectivity index is 1.18. The van der Waals surface area contributed by atoms with Crippen molar-refractivity contribution in [3.8, 4) is 5.75 Å². The van der Waals surface area contributed by atoms with Crippen LogP contribution in [0.25, 0.3) is 21.1 Å². The van der Waals surface area contributed by atoms with Crippen LogP contribution in [0.2, 0.25) is 0 Å². The van der Waals surface area contributed by atoms with Gasteiger partial charge in [0.2, 0.25) is 5.91 Å². The van der Waals surface area contributed by atoms with Gasteiger partial charge in [0.05, 0.1) is 22.6 Å². The topological polar surface area (TPSA) is 64.1 Å². The van der Waals surface area contributed by atoms with Crippen LogP contribution in [0, 0.1) is 0 Å². The Morgan fingerprint density at radius 1 is 1.11 bits per heavy atom. The van der Waals surface area contributed by atoms with Crippen molar-refractivity contribution in [2.75, 3.05) is 18.9 Å². The molecule has 0 aliphatic carbocycles. The average molecular weight is 410 g/mol. The van der Waals surface area contributed by atoms with Crippen LogP contribution in [0.15, 0.2) is 65.1 Å². The van der Waals surface area contributed by atoms with Gasteiger partial charge in [-0.3, -0.25) is 9.78 Å². The third kappa shape index (κ3) is 4.61. The lowest BCUT2D eigenvalue weighted by Crippen LogP contribution is -2.27. The fraction of sp³-hybridized carbons (Fsp3) is 0.190. The van der Waals surface area contributed by atoms with Gasteiger partial charge in [-0.2, -0.15) is 0 Å². The van der Waals surface area contributed by atoms with Crippen LogP contribution in [0.1, 0.15) is 6.42 Å². The van der Waals surface area contributed by atoms with E-state index in [1.807, 2.05) is 54.6 Å². The minimum atomic E-state index is 0.0103. The number of amides is 1. The van der Waals surface area contributed by atoms with E-state index < -0.39 is 0 Å². The maximum Gasteiger partial charge on any atom is 0.230 e. The molecule has 0 bridgehead atoms. The number of carbonyl (C=O) groups is 1.